The molecule has 0 radical (unpaired) electrons. The van der Waals surface area contributed by atoms with Gasteiger partial charge < -0.3 is 28.4 Å². The van der Waals surface area contributed by atoms with Gasteiger partial charge in [-0.2, -0.15) is 0 Å². The van der Waals surface area contributed by atoms with Crippen LogP contribution < -0.4 is 4.74 Å². The zero-order valence-corrected chi connectivity index (χ0v) is 18.3. The lowest BCUT2D eigenvalue weighted by atomic mass is 9.98. The standard InChI is InChI=1S/C22H26O10/c1-6-16-7-9-17(10-8-16)31-22-21(30-15(5)26)20(29-14(4)25)19(28-13(3)24)18(32-22)11-27-12(2)23/h6-10,18-22H,1,11H2,2-5H3/t18-,19+,20+,21+,22-/m1/s1. The lowest BCUT2D eigenvalue weighted by Crippen LogP contribution is -2.63. The first kappa shape index (κ1) is 24.9. The molecule has 1 saturated heterocycles. The molecular weight excluding hydrogens is 424 g/mol. The second kappa shape index (κ2) is 11.3. The van der Waals surface area contributed by atoms with Gasteiger partial charge in [0.15, 0.2) is 12.2 Å². The lowest BCUT2D eigenvalue weighted by molar-refractivity contribution is -0.288. The molecule has 0 saturated carbocycles. The molecule has 0 N–H and O–H groups in total. The van der Waals surface area contributed by atoms with Crippen LogP contribution in [-0.2, 0) is 42.9 Å². The summed E-state index contributed by atoms with van der Waals surface area (Å²) < 4.78 is 32.7. The van der Waals surface area contributed by atoms with Gasteiger partial charge in [0.1, 0.15) is 18.5 Å². The average molecular weight is 450 g/mol. The van der Waals surface area contributed by atoms with Crippen LogP contribution in [0.3, 0.4) is 0 Å². The third kappa shape index (κ3) is 7.09. The van der Waals surface area contributed by atoms with Gasteiger partial charge in [0, 0.05) is 27.7 Å². The molecule has 0 bridgehead atoms. The maximum absolute atomic E-state index is 11.8. The quantitative estimate of drug-likeness (QED) is 0.428. The van der Waals surface area contributed by atoms with Crippen molar-refractivity contribution in [1.82, 2.24) is 0 Å². The molecule has 2 rings (SSSR count). The molecule has 1 fully saturated rings. The Morgan fingerprint density at radius 1 is 0.844 bits per heavy atom. The topological polar surface area (TPSA) is 124 Å². The number of hydrogen-bond acceptors (Lipinski definition) is 10. The van der Waals surface area contributed by atoms with Crippen LogP contribution in [-0.4, -0.2) is 61.2 Å². The third-order valence-corrected chi connectivity index (χ3v) is 4.32. The minimum Gasteiger partial charge on any atom is -0.463 e. The second-order valence-electron chi connectivity index (χ2n) is 6.96. The highest BCUT2D eigenvalue weighted by Crippen LogP contribution is 2.31. The van der Waals surface area contributed by atoms with Crippen LogP contribution in [0.25, 0.3) is 6.08 Å². The Balaban J connectivity index is 2.43. The van der Waals surface area contributed by atoms with Gasteiger partial charge in [0.25, 0.3) is 0 Å². The highest BCUT2D eigenvalue weighted by Gasteiger charge is 2.53. The molecule has 0 aromatic heterocycles. The number of ether oxygens (including phenoxy) is 6. The van der Waals surface area contributed by atoms with Crippen molar-refractivity contribution in [2.45, 2.75) is 58.4 Å². The van der Waals surface area contributed by atoms with Crippen molar-refractivity contribution in [3.63, 3.8) is 0 Å². The lowest BCUT2D eigenvalue weighted by Gasteiger charge is -2.43. The summed E-state index contributed by atoms with van der Waals surface area (Å²) in [6.07, 6.45) is -4.50. The smallest absolute Gasteiger partial charge is 0.303 e. The summed E-state index contributed by atoms with van der Waals surface area (Å²) in [6.45, 7) is 8.01. The summed E-state index contributed by atoms with van der Waals surface area (Å²) in [5.41, 5.74) is 0.846. The van der Waals surface area contributed by atoms with E-state index >= 15 is 0 Å². The van der Waals surface area contributed by atoms with E-state index in [0.717, 1.165) is 26.3 Å². The van der Waals surface area contributed by atoms with Crippen LogP contribution in [0.1, 0.15) is 33.3 Å². The minimum absolute atomic E-state index is 0.326. The first-order chi connectivity index (χ1) is 15.1. The van der Waals surface area contributed by atoms with Gasteiger partial charge in [-0.25, -0.2) is 0 Å². The van der Waals surface area contributed by atoms with E-state index in [2.05, 4.69) is 6.58 Å². The molecule has 0 amide bonds. The number of esters is 4. The largest absolute Gasteiger partial charge is 0.463 e. The van der Waals surface area contributed by atoms with Crippen molar-refractivity contribution < 1.29 is 47.6 Å². The van der Waals surface area contributed by atoms with E-state index in [1.807, 2.05) is 0 Å². The normalized spacial score (nSPS) is 24.6. The van der Waals surface area contributed by atoms with Crippen LogP contribution in [0, 0.1) is 0 Å². The van der Waals surface area contributed by atoms with Gasteiger partial charge in [-0.15, -0.1) is 0 Å². The van der Waals surface area contributed by atoms with Gasteiger partial charge in [-0.3, -0.25) is 19.2 Å². The molecule has 0 spiro atoms. The van der Waals surface area contributed by atoms with Crippen molar-refractivity contribution in [2.24, 2.45) is 0 Å². The van der Waals surface area contributed by atoms with Gasteiger partial charge in [-0.1, -0.05) is 24.8 Å². The van der Waals surface area contributed by atoms with Crippen LogP contribution in [0.5, 0.6) is 5.75 Å². The summed E-state index contributed by atoms with van der Waals surface area (Å²) in [6, 6.07) is 6.78. The maximum Gasteiger partial charge on any atom is 0.303 e. The van der Waals surface area contributed by atoms with Crippen LogP contribution in [0.15, 0.2) is 30.8 Å². The summed E-state index contributed by atoms with van der Waals surface area (Å²) >= 11 is 0. The molecule has 1 aliphatic rings. The van der Waals surface area contributed by atoms with E-state index in [1.165, 1.54) is 6.92 Å². The van der Waals surface area contributed by atoms with Gasteiger partial charge >= 0.3 is 23.9 Å². The molecule has 174 valence electrons. The molecule has 5 atom stereocenters. The van der Waals surface area contributed by atoms with Crippen molar-refractivity contribution in [3.8, 4) is 5.75 Å². The van der Waals surface area contributed by atoms with E-state index in [9.17, 15) is 19.2 Å². The van der Waals surface area contributed by atoms with E-state index in [1.54, 1.807) is 30.3 Å². The van der Waals surface area contributed by atoms with E-state index < -0.39 is 54.6 Å². The van der Waals surface area contributed by atoms with Crippen LogP contribution in [0.4, 0.5) is 0 Å². The number of benzene rings is 1. The minimum atomic E-state index is -1.29. The second-order valence-corrected chi connectivity index (χ2v) is 6.96. The molecule has 32 heavy (non-hydrogen) atoms. The average Bonchev–Trinajstić information content (AvgIpc) is 2.70. The van der Waals surface area contributed by atoms with E-state index in [4.69, 9.17) is 28.4 Å². The zero-order chi connectivity index (χ0) is 23.8. The predicted molar refractivity (Wildman–Crippen MR) is 109 cm³/mol. The first-order valence-electron chi connectivity index (χ1n) is 9.80. The number of hydrogen-bond donors (Lipinski definition) is 0. The first-order valence-corrected chi connectivity index (χ1v) is 9.80. The summed E-state index contributed by atoms with van der Waals surface area (Å²) in [5.74, 6) is -2.36. The summed E-state index contributed by atoms with van der Waals surface area (Å²) in [7, 11) is 0. The van der Waals surface area contributed by atoms with E-state index in [0.29, 0.717) is 5.75 Å². The molecule has 10 heteroatoms. The summed E-state index contributed by atoms with van der Waals surface area (Å²) in [4.78, 5) is 46.6. The Hall–Kier alpha value is -3.40. The Kier molecular flexibility index (Phi) is 8.77. The van der Waals surface area contributed by atoms with E-state index in [-0.39, 0.29) is 6.61 Å². The molecular formula is C22H26O10. The fourth-order valence-corrected chi connectivity index (χ4v) is 3.10. The van der Waals surface area contributed by atoms with Gasteiger partial charge in [0.2, 0.25) is 12.4 Å². The summed E-state index contributed by atoms with van der Waals surface area (Å²) in [5, 5.41) is 0. The monoisotopic (exact) mass is 450 g/mol. The Morgan fingerprint density at radius 2 is 1.38 bits per heavy atom. The van der Waals surface area contributed by atoms with Gasteiger partial charge in [-0.05, 0) is 17.7 Å². The number of carbonyl (C=O) groups excluding carboxylic acids is 4. The van der Waals surface area contributed by atoms with Crippen LogP contribution in [0.2, 0.25) is 0 Å². The fraction of sp³-hybridized carbons (Fsp3) is 0.455. The highest BCUT2D eigenvalue weighted by atomic mass is 16.7. The Labute approximate surface area is 185 Å². The number of carbonyl (C=O) groups is 4. The molecule has 1 heterocycles. The Morgan fingerprint density at radius 3 is 1.88 bits per heavy atom. The zero-order valence-electron chi connectivity index (χ0n) is 18.3. The van der Waals surface area contributed by atoms with Crippen molar-refractivity contribution >= 4 is 30.0 Å². The molecule has 0 unspecified atom stereocenters. The van der Waals surface area contributed by atoms with Crippen molar-refractivity contribution in [2.75, 3.05) is 6.61 Å². The predicted octanol–water partition coefficient (Wildman–Crippen LogP) is 1.79. The van der Waals surface area contributed by atoms with Gasteiger partial charge in [0.05, 0.1) is 0 Å². The van der Waals surface area contributed by atoms with Crippen molar-refractivity contribution in [3.05, 3.63) is 36.4 Å². The van der Waals surface area contributed by atoms with Crippen molar-refractivity contribution in [1.29, 1.82) is 0 Å². The molecule has 1 aliphatic heterocycles. The highest BCUT2D eigenvalue weighted by molar-refractivity contribution is 5.68. The molecule has 1 aromatic rings. The number of rotatable bonds is 8. The molecule has 0 aliphatic carbocycles. The van der Waals surface area contributed by atoms with Crippen LogP contribution >= 0.6 is 0 Å². The maximum atomic E-state index is 11.8. The molecule has 10 nitrogen and oxygen atoms in total. The SMILES string of the molecule is C=Cc1ccc(O[C@@H]2O[C@H](COC(C)=O)[C@H](OC(C)=O)[C@H](OC(C)=O)[C@@H]2OC(C)=O)cc1. The fourth-order valence-electron chi connectivity index (χ4n) is 3.10. The molecule has 1 aromatic carbocycles. The Bertz CT molecular complexity index is 847. The third-order valence-electron chi connectivity index (χ3n) is 4.32.